The lowest BCUT2D eigenvalue weighted by atomic mass is 10.1. The molecule has 0 unspecified atom stereocenters. The number of carbonyl (C=O) groups is 1. The molecule has 5 nitrogen and oxygen atoms in total. The van der Waals surface area contributed by atoms with Gasteiger partial charge in [-0.15, -0.1) is 0 Å². The number of methoxy groups -OCH3 is 1. The first kappa shape index (κ1) is 18.3. The molecule has 2 rings (SSSR count). The Hall–Kier alpha value is -3.07. The van der Waals surface area contributed by atoms with E-state index in [1.54, 1.807) is 44.2 Å². The van der Waals surface area contributed by atoms with Crippen molar-refractivity contribution in [3.8, 4) is 17.6 Å². The van der Waals surface area contributed by atoms with Crippen molar-refractivity contribution in [1.29, 1.82) is 5.26 Å². The van der Waals surface area contributed by atoms with E-state index in [1.165, 1.54) is 19.2 Å². The van der Waals surface area contributed by atoms with Crippen LogP contribution in [0.5, 0.6) is 11.5 Å². The first-order valence-corrected chi connectivity index (χ1v) is 7.75. The molecule has 25 heavy (non-hydrogen) atoms. The monoisotopic (exact) mass is 342 g/mol. The maximum absolute atomic E-state index is 13.0. The molecular formula is C19H19FN2O3. The van der Waals surface area contributed by atoms with Crippen molar-refractivity contribution in [2.45, 2.75) is 26.0 Å². The molecule has 1 N–H and O–H groups in total. The molecule has 0 saturated heterocycles. The number of nitriles is 1. The van der Waals surface area contributed by atoms with Crippen LogP contribution < -0.4 is 14.8 Å². The highest BCUT2D eigenvalue weighted by Gasteiger charge is 2.19. The van der Waals surface area contributed by atoms with Crippen molar-refractivity contribution in [2.24, 2.45) is 0 Å². The van der Waals surface area contributed by atoms with Crippen LogP contribution in [0.15, 0.2) is 42.5 Å². The second-order valence-corrected chi connectivity index (χ2v) is 5.52. The molecule has 2 atom stereocenters. The van der Waals surface area contributed by atoms with Crippen LogP contribution in [0.1, 0.15) is 31.0 Å². The predicted octanol–water partition coefficient (Wildman–Crippen LogP) is 3.35. The van der Waals surface area contributed by atoms with E-state index in [0.717, 1.165) is 5.56 Å². The zero-order valence-electron chi connectivity index (χ0n) is 14.2. The summed E-state index contributed by atoms with van der Waals surface area (Å²) in [6, 6.07) is 12.4. The molecule has 0 aliphatic heterocycles. The normalized spacial score (nSPS) is 12.6. The molecule has 0 spiro atoms. The minimum atomic E-state index is -0.773. The highest BCUT2D eigenvalue weighted by molar-refractivity contribution is 5.81. The van der Waals surface area contributed by atoms with Gasteiger partial charge in [-0.3, -0.25) is 4.79 Å². The number of carbonyl (C=O) groups excluding carboxylic acids is 1. The van der Waals surface area contributed by atoms with Gasteiger partial charge in [-0.1, -0.05) is 12.1 Å². The van der Waals surface area contributed by atoms with E-state index in [9.17, 15) is 9.18 Å². The molecule has 6 heteroatoms. The summed E-state index contributed by atoms with van der Waals surface area (Å²) in [4.78, 5) is 12.3. The summed E-state index contributed by atoms with van der Waals surface area (Å²) < 4.78 is 23.8. The minimum Gasteiger partial charge on any atom is -0.493 e. The van der Waals surface area contributed by atoms with Gasteiger partial charge in [-0.2, -0.15) is 5.26 Å². The molecule has 0 aromatic heterocycles. The number of hydrogen-bond donors (Lipinski definition) is 1. The van der Waals surface area contributed by atoms with Gasteiger partial charge in [-0.25, -0.2) is 4.39 Å². The van der Waals surface area contributed by atoms with Crippen molar-refractivity contribution in [2.75, 3.05) is 7.11 Å². The summed E-state index contributed by atoms with van der Waals surface area (Å²) in [7, 11) is 1.46. The van der Waals surface area contributed by atoms with E-state index in [2.05, 4.69) is 5.32 Å². The first-order chi connectivity index (χ1) is 11.9. The average Bonchev–Trinajstić information content (AvgIpc) is 2.62. The number of amides is 1. The summed E-state index contributed by atoms with van der Waals surface area (Å²) in [5.74, 6) is 0.110. The lowest BCUT2D eigenvalue weighted by Crippen LogP contribution is -2.37. The molecule has 130 valence electrons. The highest BCUT2D eigenvalue weighted by Crippen LogP contribution is 2.28. The number of ether oxygens (including phenoxy) is 2. The Labute approximate surface area is 146 Å². The maximum Gasteiger partial charge on any atom is 0.261 e. The number of nitrogens with one attached hydrogen (secondary N) is 1. The van der Waals surface area contributed by atoms with Crippen molar-refractivity contribution < 1.29 is 18.7 Å². The Morgan fingerprint density at radius 3 is 2.44 bits per heavy atom. The van der Waals surface area contributed by atoms with Crippen LogP contribution in [0.25, 0.3) is 0 Å². The highest BCUT2D eigenvalue weighted by atomic mass is 19.1. The van der Waals surface area contributed by atoms with E-state index in [1.807, 2.05) is 6.07 Å². The average molecular weight is 342 g/mol. The summed E-state index contributed by atoms with van der Waals surface area (Å²) in [5.41, 5.74) is 1.23. The lowest BCUT2D eigenvalue weighted by molar-refractivity contribution is -0.127. The molecule has 2 aromatic carbocycles. The third kappa shape index (κ3) is 4.70. The number of nitrogens with zero attached hydrogens (tertiary/aromatic N) is 1. The van der Waals surface area contributed by atoms with Crippen LogP contribution in [0.4, 0.5) is 4.39 Å². The first-order valence-electron chi connectivity index (χ1n) is 7.75. The lowest BCUT2D eigenvalue weighted by Gasteiger charge is -2.20. The Morgan fingerprint density at radius 2 is 1.84 bits per heavy atom. The molecule has 0 aliphatic carbocycles. The number of halogens is 1. The van der Waals surface area contributed by atoms with Gasteiger partial charge < -0.3 is 14.8 Å². The zero-order valence-corrected chi connectivity index (χ0v) is 14.2. The third-order valence-corrected chi connectivity index (χ3v) is 3.69. The molecule has 0 aliphatic rings. The molecule has 0 heterocycles. The van der Waals surface area contributed by atoms with Crippen LogP contribution >= 0.6 is 0 Å². The summed E-state index contributed by atoms with van der Waals surface area (Å²) >= 11 is 0. The Balaban J connectivity index is 2.03. The molecular weight excluding hydrogens is 323 g/mol. The second kappa shape index (κ2) is 8.15. The maximum atomic E-state index is 13.0. The van der Waals surface area contributed by atoms with Gasteiger partial charge in [-0.05, 0) is 43.7 Å². The third-order valence-electron chi connectivity index (χ3n) is 3.69. The fourth-order valence-corrected chi connectivity index (χ4v) is 2.24. The molecule has 2 aromatic rings. The van der Waals surface area contributed by atoms with E-state index in [4.69, 9.17) is 14.7 Å². The standard InChI is InChI=1S/C19H19FN2O3/c1-12(15-5-7-16(20)8-6-15)22-19(23)13(2)25-17-9-4-14(11-21)10-18(17)24-3/h4-10,12-13H,1-3H3,(H,22,23)/t12-,13+/m1/s1. The number of benzene rings is 2. The summed E-state index contributed by atoms with van der Waals surface area (Å²) in [6.07, 6.45) is -0.773. The molecule has 0 bridgehead atoms. The molecule has 0 fully saturated rings. The summed E-state index contributed by atoms with van der Waals surface area (Å²) in [6.45, 7) is 3.42. The van der Waals surface area contributed by atoms with Crippen LogP contribution in [-0.2, 0) is 4.79 Å². The van der Waals surface area contributed by atoms with Crippen LogP contribution in [0.2, 0.25) is 0 Å². The van der Waals surface area contributed by atoms with E-state index in [0.29, 0.717) is 17.1 Å². The molecule has 0 saturated carbocycles. The largest absolute Gasteiger partial charge is 0.493 e. The van der Waals surface area contributed by atoms with Gasteiger partial charge in [0.2, 0.25) is 0 Å². The van der Waals surface area contributed by atoms with Gasteiger partial charge >= 0.3 is 0 Å². The summed E-state index contributed by atoms with van der Waals surface area (Å²) in [5, 5.41) is 11.7. The SMILES string of the molecule is COc1cc(C#N)ccc1O[C@@H](C)C(=O)N[C@H](C)c1ccc(F)cc1. The Kier molecular flexibility index (Phi) is 5.96. The Bertz CT molecular complexity index is 784. The Morgan fingerprint density at radius 1 is 1.16 bits per heavy atom. The molecule has 1 amide bonds. The van der Waals surface area contributed by atoms with Crippen LogP contribution in [-0.4, -0.2) is 19.1 Å². The van der Waals surface area contributed by atoms with Gasteiger partial charge in [0.25, 0.3) is 5.91 Å². The number of rotatable bonds is 6. The predicted molar refractivity (Wildman–Crippen MR) is 90.8 cm³/mol. The van der Waals surface area contributed by atoms with Gasteiger partial charge in [0.05, 0.1) is 24.8 Å². The van der Waals surface area contributed by atoms with Crippen molar-refractivity contribution in [3.05, 3.63) is 59.4 Å². The van der Waals surface area contributed by atoms with Gasteiger partial charge in [0.15, 0.2) is 17.6 Å². The van der Waals surface area contributed by atoms with E-state index >= 15 is 0 Å². The number of hydrogen-bond acceptors (Lipinski definition) is 4. The molecule has 0 radical (unpaired) electrons. The van der Waals surface area contributed by atoms with Crippen molar-refractivity contribution >= 4 is 5.91 Å². The van der Waals surface area contributed by atoms with Crippen LogP contribution in [0, 0.1) is 17.1 Å². The quantitative estimate of drug-likeness (QED) is 0.874. The smallest absolute Gasteiger partial charge is 0.261 e. The van der Waals surface area contributed by atoms with Crippen molar-refractivity contribution in [1.82, 2.24) is 5.32 Å². The van der Waals surface area contributed by atoms with Gasteiger partial charge in [0.1, 0.15) is 5.82 Å². The van der Waals surface area contributed by atoms with E-state index < -0.39 is 6.10 Å². The zero-order chi connectivity index (χ0) is 18.4. The van der Waals surface area contributed by atoms with Crippen molar-refractivity contribution in [3.63, 3.8) is 0 Å². The fraction of sp³-hybridized carbons (Fsp3) is 0.263. The van der Waals surface area contributed by atoms with E-state index in [-0.39, 0.29) is 17.8 Å². The second-order valence-electron chi connectivity index (χ2n) is 5.52. The van der Waals surface area contributed by atoms with Crippen LogP contribution in [0.3, 0.4) is 0 Å². The topological polar surface area (TPSA) is 71.3 Å². The fourth-order valence-electron chi connectivity index (χ4n) is 2.24. The minimum absolute atomic E-state index is 0.290. The van der Waals surface area contributed by atoms with Gasteiger partial charge in [0, 0.05) is 6.07 Å².